The molecule has 6 N–H and O–H groups in total. The Morgan fingerprint density at radius 1 is 0.800 bits per heavy atom. The highest BCUT2D eigenvalue weighted by Gasteiger charge is 2.44. The van der Waals surface area contributed by atoms with Crippen molar-refractivity contribution in [3.63, 3.8) is 0 Å². The quantitative estimate of drug-likeness (QED) is 0.261. The second-order valence-corrected chi connectivity index (χ2v) is 7.58. The molecule has 2 aliphatic rings. The minimum absolute atomic E-state index is 0.129. The van der Waals surface area contributed by atoms with Gasteiger partial charge in [0.15, 0.2) is 6.29 Å². The van der Waals surface area contributed by atoms with Gasteiger partial charge in [0.1, 0.15) is 48.8 Å². The Kier molecular flexibility index (Phi) is 8.54. The number of hydrogen-bond acceptors (Lipinski definition) is 10. The number of hydrogen-bond donors (Lipinski definition) is 6. The molecule has 0 spiro atoms. The molecule has 2 saturated heterocycles. The van der Waals surface area contributed by atoms with Crippen molar-refractivity contribution in [3.05, 3.63) is 35.9 Å². The monoisotopic (exact) mass is 430 g/mol. The lowest BCUT2D eigenvalue weighted by Crippen LogP contribution is -2.59. The molecule has 0 saturated carbocycles. The molecule has 30 heavy (non-hydrogen) atoms. The van der Waals surface area contributed by atoms with E-state index >= 15 is 0 Å². The van der Waals surface area contributed by atoms with Gasteiger partial charge in [-0.05, 0) is 12.0 Å². The Labute approximate surface area is 174 Å². The molecule has 10 nitrogen and oxygen atoms in total. The molecule has 0 bridgehead atoms. The lowest BCUT2D eigenvalue weighted by atomic mass is 9.99. The van der Waals surface area contributed by atoms with Crippen LogP contribution in [0.1, 0.15) is 5.56 Å². The minimum Gasteiger partial charge on any atom is -0.388 e. The van der Waals surface area contributed by atoms with Crippen LogP contribution in [0.4, 0.5) is 0 Å². The zero-order valence-electron chi connectivity index (χ0n) is 16.4. The Morgan fingerprint density at radius 3 is 2.20 bits per heavy atom. The standard InChI is InChI=1S/C20H30O10/c21-12-8-29-13(16(23)15(12)22)9-27-10-14-17(24)18(25)19(26)20(30-14)28-7-6-11-4-2-1-3-5-11/h1-5,12-26H,6-10H2/t12-,13?,14-,15-,16+,17-,18-,19-,20-/m1/s1. The highest BCUT2D eigenvalue weighted by Crippen LogP contribution is 2.23. The van der Waals surface area contributed by atoms with Crippen molar-refractivity contribution >= 4 is 0 Å². The summed E-state index contributed by atoms with van der Waals surface area (Å²) in [6.07, 6.45) is -10.6. The summed E-state index contributed by atoms with van der Waals surface area (Å²) in [7, 11) is 0. The van der Waals surface area contributed by atoms with Gasteiger partial charge in [-0.1, -0.05) is 30.3 Å². The maximum Gasteiger partial charge on any atom is 0.186 e. The number of benzene rings is 1. The van der Waals surface area contributed by atoms with Gasteiger partial charge >= 0.3 is 0 Å². The van der Waals surface area contributed by atoms with Gasteiger partial charge in [0, 0.05) is 0 Å². The van der Waals surface area contributed by atoms with Crippen molar-refractivity contribution in [1.82, 2.24) is 0 Å². The fourth-order valence-electron chi connectivity index (χ4n) is 3.44. The summed E-state index contributed by atoms with van der Waals surface area (Å²) in [5, 5.41) is 59.5. The van der Waals surface area contributed by atoms with Crippen molar-refractivity contribution in [2.75, 3.05) is 26.4 Å². The third-order valence-corrected chi connectivity index (χ3v) is 5.35. The van der Waals surface area contributed by atoms with E-state index in [9.17, 15) is 30.6 Å². The molecule has 170 valence electrons. The van der Waals surface area contributed by atoms with E-state index in [-0.39, 0.29) is 26.4 Å². The zero-order valence-corrected chi connectivity index (χ0v) is 16.4. The molecular weight excluding hydrogens is 400 g/mol. The Hall–Kier alpha value is -1.18. The average Bonchev–Trinajstić information content (AvgIpc) is 2.75. The molecule has 1 aromatic carbocycles. The van der Waals surface area contributed by atoms with E-state index in [1.165, 1.54) is 0 Å². The summed E-state index contributed by atoms with van der Waals surface area (Å²) < 4.78 is 21.8. The Bertz CT molecular complexity index is 631. The van der Waals surface area contributed by atoms with E-state index in [0.29, 0.717) is 6.42 Å². The number of ether oxygens (including phenoxy) is 4. The number of aliphatic hydroxyl groups excluding tert-OH is 6. The molecule has 1 aromatic rings. The van der Waals surface area contributed by atoms with Crippen LogP contribution < -0.4 is 0 Å². The molecule has 2 aliphatic heterocycles. The first-order chi connectivity index (χ1) is 14.4. The van der Waals surface area contributed by atoms with E-state index in [1.54, 1.807) is 0 Å². The fraction of sp³-hybridized carbons (Fsp3) is 0.700. The molecule has 0 amide bonds. The molecule has 9 atom stereocenters. The van der Waals surface area contributed by atoms with Gasteiger partial charge in [-0.3, -0.25) is 0 Å². The molecule has 1 unspecified atom stereocenters. The van der Waals surface area contributed by atoms with Crippen LogP contribution in [-0.2, 0) is 25.4 Å². The van der Waals surface area contributed by atoms with Crippen LogP contribution in [0.5, 0.6) is 0 Å². The van der Waals surface area contributed by atoms with E-state index in [4.69, 9.17) is 18.9 Å². The third-order valence-electron chi connectivity index (χ3n) is 5.35. The second kappa shape index (κ2) is 10.9. The largest absolute Gasteiger partial charge is 0.388 e. The minimum atomic E-state index is -1.48. The Balaban J connectivity index is 1.46. The predicted octanol–water partition coefficient (Wildman–Crippen LogP) is -2.45. The van der Waals surface area contributed by atoms with Crippen molar-refractivity contribution in [2.45, 2.75) is 61.5 Å². The van der Waals surface area contributed by atoms with Crippen LogP contribution in [0.15, 0.2) is 30.3 Å². The molecule has 2 heterocycles. The molecule has 0 aromatic heterocycles. The zero-order chi connectivity index (χ0) is 21.7. The van der Waals surface area contributed by atoms with Gasteiger partial charge in [0.2, 0.25) is 0 Å². The van der Waals surface area contributed by atoms with Crippen molar-refractivity contribution in [2.24, 2.45) is 0 Å². The van der Waals surface area contributed by atoms with E-state index in [0.717, 1.165) is 5.56 Å². The smallest absolute Gasteiger partial charge is 0.186 e. The molecule has 2 fully saturated rings. The van der Waals surface area contributed by atoms with E-state index in [1.807, 2.05) is 30.3 Å². The summed E-state index contributed by atoms with van der Waals surface area (Å²) in [5.41, 5.74) is 1.04. The van der Waals surface area contributed by atoms with Gasteiger partial charge in [-0.2, -0.15) is 0 Å². The van der Waals surface area contributed by atoms with Gasteiger partial charge in [0.25, 0.3) is 0 Å². The lowest BCUT2D eigenvalue weighted by molar-refractivity contribution is -0.304. The molecule has 0 aliphatic carbocycles. The topological polar surface area (TPSA) is 158 Å². The third kappa shape index (κ3) is 5.74. The van der Waals surface area contributed by atoms with Crippen LogP contribution in [0.2, 0.25) is 0 Å². The maximum absolute atomic E-state index is 10.2. The van der Waals surface area contributed by atoms with Crippen LogP contribution >= 0.6 is 0 Å². The molecule has 10 heteroatoms. The maximum atomic E-state index is 10.2. The average molecular weight is 430 g/mol. The molecule has 0 radical (unpaired) electrons. The highest BCUT2D eigenvalue weighted by atomic mass is 16.7. The summed E-state index contributed by atoms with van der Waals surface area (Å²) in [6, 6.07) is 9.59. The van der Waals surface area contributed by atoms with Crippen LogP contribution in [-0.4, -0.2) is 112 Å². The van der Waals surface area contributed by atoms with Gasteiger partial charge in [0.05, 0.1) is 26.4 Å². The SMILES string of the molecule is O[C@H]1[C@@H](O)[C@H](OCCc2ccccc2)O[C@H](COCC2OC[C@@H](O)[C@@H](O)[C@H]2O)[C@H]1O. The van der Waals surface area contributed by atoms with Crippen molar-refractivity contribution in [3.8, 4) is 0 Å². The van der Waals surface area contributed by atoms with Crippen LogP contribution in [0.3, 0.4) is 0 Å². The van der Waals surface area contributed by atoms with Gasteiger partial charge < -0.3 is 49.6 Å². The van der Waals surface area contributed by atoms with Gasteiger partial charge in [-0.25, -0.2) is 0 Å². The lowest BCUT2D eigenvalue weighted by Gasteiger charge is -2.40. The van der Waals surface area contributed by atoms with Crippen molar-refractivity contribution in [1.29, 1.82) is 0 Å². The number of rotatable bonds is 8. The van der Waals surface area contributed by atoms with Crippen LogP contribution in [0, 0.1) is 0 Å². The summed E-state index contributed by atoms with van der Waals surface area (Å²) in [4.78, 5) is 0. The van der Waals surface area contributed by atoms with Crippen LogP contribution in [0.25, 0.3) is 0 Å². The predicted molar refractivity (Wildman–Crippen MR) is 101 cm³/mol. The first-order valence-electron chi connectivity index (χ1n) is 9.97. The fourth-order valence-corrected chi connectivity index (χ4v) is 3.44. The Morgan fingerprint density at radius 2 is 1.47 bits per heavy atom. The number of aliphatic hydroxyl groups is 6. The van der Waals surface area contributed by atoms with Crippen molar-refractivity contribution < 1.29 is 49.6 Å². The van der Waals surface area contributed by atoms with E-state index < -0.39 is 55.1 Å². The summed E-state index contributed by atoms with van der Waals surface area (Å²) in [5.74, 6) is 0. The summed E-state index contributed by atoms with van der Waals surface area (Å²) >= 11 is 0. The molecule has 3 rings (SSSR count). The molecular formula is C20H30O10. The highest BCUT2D eigenvalue weighted by molar-refractivity contribution is 5.14. The van der Waals surface area contributed by atoms with Gasteiger partial charge in [-0.15, -0.1) is 0 Å². The summed E-state index contributed by atoms with van der Waals surface area (Å²) in [6.45, 7) is -0.202. The first kappa shape index (κ1) is 23.5. The first-order valence-corrected chi connectivity index (χ1v) is 9.97. The second-order valence-electron chi connectivity index (χ2n) is 7.58. The normalized spacial score (nSPS) is 39.7. The van der Waals surface area contributed by atoms with E-state index in [2.05, 4.69) is 0 Å².